The quantitative estimate of drug-likeness (QED) is 0.653. The summed E-state index contributed by atoms with van der Waals surface area (Å²) in [5.74, 6) is 2.69. The van der Waals surface area contributed by atoms with Crippen molar-refractivity contribution in [3.8, 4) is 0 Å². The lowest BCUT2D eigenvalue weighted by molar-refractivity contribution is 0.462. The molecule has 2 rings (SSSR count). The van der Waals surface area contributed by atoms with Crippen LogP contribution in [0.25, 0.3) is 0 Å². The number of aryl methyl sites for hydroxylation is 2. The lowest BCUT2D eigenvalue weighted by Gasteiger charge is -2.05. The highest BCUT2D eigenvalue weighted by atomic mass is 32.2. The molecule has 2 aromatic rings. The van der Waals surface area contributed by atoms with E-state index in [1.165, 1.54) is 5.56 Å². The van der Waals surface area contributed by atoms with Gasteiger partial charge in [-0.05, 0) is 45.0 Å². The molecule has 4 nitrogen and oxygen atoms in total. The molecule has 0 radical (unpaired) electrons. The van der Waals surface area contributed by atoms with E-state index < -0.39 is 0 Å². The molecule has 0 atom stereocenters. The fourth-order valence-corrected chi connectivity index (χ4v) is 2.61. The Morgan fingerprint density at radius 1 is 1.10 bits per heavy atom. The van der Waals surface area contributed by atoms with E-state index in [2.05, 4.69) is 29.1 Å². The van der Waals surface area contributed by atoms with Crippen LogP contribution in [0.3, 0.4) is 0 Å². The molecule has 0 spiro atoms. The van der Waals surface area contributed by atoms with Crippen molar-refractivity contribution < 1.29 is 4.42 Å². The zero-order valence-electron chi connectivity index (χ0n) is 12.5. The van der Waals surface area contributed by atoms with Crippen molar-refractivity contribution in [2.75, 3.05) is 6.54 Å². The maximum absolute atomic E-state index is 5.75. The van der Waals surface area contributed by atoms with E-state index in [4.69, 9.17) is 4.42 Å². The lowest BCUT2D eigenvalue weighted by Crippen LogP contribution is -2.10. The number of hydrogen-bond donors (Lipinski definition) is 1. The standard InChI is InChI=1S/C15H21N3OS/c1-5-16-8-13-6-7-14(19-13)9-20-15-17-11(3)10(2)12(4)18-15/h6-7,16H,5,8-9H2,1-4H3. The Kier molecular flexibility index (Phi) is 5.20. The molecule has 0 saturated heterocycles. The van der Waals surface area contributed by atoms with Crippen molar-refractivity contribution in [1.82, 2.24) is 15.3 Å². The van der Waals surface area contributed by atoms with Gasteiger partial charge in [-0.1, -0.05) is 18.7 Å². The van der Waals surface area contributed by atoms with Crippen LogP contribution in [-0.4, -0.2) is 16.5 Å². The Morgan fingerprint density at radius 3 is 2.40 bits per heavy atom. The maximum Gasteiger partial charge on any atom is 0.188 e. The van der Waals surface area contributed by atoms with Crippen LogP contribution in [-0.2, 0) is 12.3 Å². The lowest BCUT2D eigenvalue weighted by atomic mass is 10.2. The van der Waals surface area contributed by atoms with E-state index in [1.807, 2.05) is 26.0 Å². The van der Waals surface area contributed by atoms with Crippen LogP contribution in [0.2, 0.25) is 0 Å². The van der Waals surface area contributed by atoms with Gasteiger partial charge in [0.2, 0.25) is 0 Å². The summed E-state index contributed by atoms with van der Waals surface area (Å²) in [5, 5.41) is 4.06. The second-order valence-electron chi connectivity index (χ2n) is 4.74. The zero-order chi connectivity index (χ0) is 14.5. The molecule has 0 aromatic carbocycles. The number of hydrogen-bond acceptors (Lipinski definition) is 5. The van der Waals surface area contributed by atoms with Gasteiger partial charge in [0.05, 0.1) is 12.3 Å². The predicted molar refractivity (Wildman–Crippen MR) is 81.9 cm³/mol. The first-order valence-corrected chi connectivity index (χ1v) is 7.81. The van der Waals surface area contributed by atoms with Gasteiger partial charge in [-0.15, -0.1) is 0 Å². The molecular weight excluding hydrogens is 270 g/mol. The van der Waals surface area contributed by atoms with Gasteiger partial charge in [0.15, 0.2) is 5.16 Å². The molecule has 2 heterocycles. The minimum Gasteiger partial charge on any atom is -0.464 e. The summed E-state index contributed by atoms with van der Waals surface area (Å²) in [6, 6.07) is 4.04. The van der Waals surface area contributed by atoms with Crippen molar-refractivity contribution in [3.63, 3.8) is 0 Å². The number of rotatable bonds is 6. The first-order chi connectivity index (χ1) is 9.60. The van der Waals surface area contributed by atoms with Gasteiger partial charge >= 0.3 is 0 Å². The van der Waals surface area contributed by atoms with Gasteiger partial charge in [0.1, 0.15) is 11.5 Å². The summed E-state index contributed by atoms with van der Waals surface area (Å²) in [4.78, 5) is 9.01. The molecule has 0 fully saturated rings. The summed E-state index contributed by atoms with van der Waals surface area (Å²) in [6.07, 6.45) is 0. The van der Waals surface area contributed by atoms with Gasteiger partial charge in [0, 0.05) is 11.4 Å². The molecule has 0 saturated carbocycles. The molecule has 2 aromatic heterocycles. The summed E-state index contributed by atoms with van der Waals surface area (Å²) >= 11 is 1.61. The van der Waals surface area contributed by atoms with Crippen LogP contribution >= 0.6 is 11.8 Å². The fourth-order valence-electron chi connectivity index (χ4n) is 1.78. The van der Waals surface area contributed by atoms with Crippen LogP contribution in [0, 0.1) is 20.8 Å². The first-order valence-electron chi connectivity index (χ1n) is 6.83. The number of aromatic nitrogens is 2. The van der Waals surface area contributed by atoms with Crippen LogP contribution in [0.4, 0.5) is 0 Å². The van der Waals surface area contributed by atoms with Crippen molar-refractivity contribution in [2.45, 2.75) is 45.1 Å². The Balaban J connectivity index is 1.96. The summed E-state index contributed by atoms with van der Waals surface area (Å²) in [5.41, 5.74) is 3.26. The van der Waals surface area contributed by atoms with Crippen LogP contribution in [0.15, 0.2) is 21.7 Å². The van der Waals surface area contributed by atoms with E-state index in [1.54, 1.807) is 11.8 Å². The largest absolute Gasteiger partial charge is 0.464 e. The van der Waals surface area contributed by atoms with E-state index in [-0.39, 0.29) is 0 Å². The van der Waals surface area contributed by atoms with Gasteiger partial charge in [0.25, 0.3) is 0 Å². The number of nitrogens with zero attached hydrogens (tertiary/aromatic N) is 2. The molecule has 5 heteroatoms. The monoisotopic (exact) mass is 291 g/mol. The molecule has 20 heavy (non-hydrogen) atoms. The second kappa shape index (κ2) is 6.90. The average Bonchev–Trinajstić information content (AvgIpc) is 2.88. The smallest absolute Gasteiger partial charge is 0.188 e. The van der Waals surface area contributed by atoms with Crippen LogP contribution in [0.1, 0.15) is 35.4 Å². The number of nitrogens with one attached hydrogen (secondary N) is 1. The van der Waals surface area contributed by atoms with Gasteiger partial charge < -0.3 is 9.73 Å². The second-order valence-corrected chi connectivity index (χ2v) is 5.68. The first kappa shape index (κ1) is 15.1. The van der Waals surface area contributed by atoms with E-state index in [0.29, 0.717) is 0 Å². The van der Waals surface area contributed by atoms with Gasteiger partial charge in [-0.3, -0.25) is 0 Å². The zero-order valence-corrected chi connectivity index (χ0v) is 13.3. The Labute approximate surface area is 124 Å². The molecule has 108 valence electrons. The van der Waals surface area contributed by atoms with Crippen molar-refractivity contribution in [2.24, 2.45) is 0 Å². The van der Waals surface area contributed by atoms with Gasteiger partial charge in [-0.25, -0.2) is 9.97 Å². The summed E-state index contributed by atoms with van der Waals surface area (Å²) < 4.78 is 5.75. The SMILES string of the molecule is CCNCc1ccc(CSc2nc(C)c(C)c(C)n2)o1. The molecule has 0 aliphatic carbocycles. The normalized spacial score (nSPS) is 11.0. The molecule has 0 bridgehead atoms. The molecule has 0 aliphatic rings. The highest BCUT2D eigenvalue weighted by molar-refractivity contribution is 7.98. The molecule has 0 amide bonds. The van der Waals surface area contributed by atoms with Crippen LogP contribution in [0.5, 0.6) is 0 Å². The van der Waals surface area contributed by atoms with E-state index in [9.17, 15) is 0 Å². The van der Waals surface area contributed by atoms with Crippen LogP contribution < -0.4 is 5.32 Å². The van der Waals surface area contributed by atoms with Crippen molar-refractivity contribution in [1.29, 1.82) is 0 Å². The third kappa shape index (κ3) is 3.84. The minimum absolute atomic E-state index is 0.758. The third-order valence-corrected chi connectivity index (χ3v) is 4.09. The Bertz CT molecular complexity index is 557. The fraction of sp³-hybridized carbons (Fsp3) is 0.467. The van der Waals surface area contributed by atoms with Crippen molar-refractivity contribution >= 4 is 11.8 Å². The number of furan rings is 1. The topological polar surface area (TPSA) is 51.0 Å². The minimum atomic E-state index is 0.758. The average molecular weight is 291 g/mol. The van der Waals surface area contributed by atoms with Gasteiger partial charge in [-0.2, -0.15) is 0 Å². The molecule has 0 unspecified atom stereocenters. The third-order valence-electron chi connectivity index (χ3n) is 3.22. The predicted octanol–water partition coefficient (Wildman–Crippen LogP) is 3.40. The maximum atomic E-state index is 5.75. The van der Waals surface area contributed by atoms with E-state index in [0.717, 1.165) is 46.9 Å². The Hall–Kier alpha value is -1.33. The number of thioether (sulfide) groups is 1. The summed E-state index contributed by atoms with van der Waals surface area (Å²) in [7, 11) is 0. The highest BCUT2D eigenvalue weighted by Crippen LogP contribution is 2.22. The molecule has 0 aliphatic heterocycles. The Morgan fingerprint density at radius 2 is 1.75 bits per heavy atom. The molecule has 1 N–H and O–H groups in total. The van der Waals surface area contributed by atoms with Crippen molar-refractivity contribution in [3.05, 3.63) is 40.6 Å². The highest BCUT2D eigenvalue weighted by Gasteiger charge is 2.07. The summed E-state index contributed by atoms with van der Waals surface area (Å²) in [6.45, 7) is 9.91. The molecular formula is C15H21N3OS. The van der Waals surface area contributed by atoms with E-state index >= 15 is 0 Å².